The van der Waals surface area contributed by atoms with E-state index in [2.05, 4.69) is 10.3 Å². The van der Waals surface area contributed by atoms with Gasteiger partial charge in [0.2, 0.25) is 5.91 Å². The second-order valence-electron chi connectivity index (χ2n) is 6.54. The van der Waals surface area contributed by atoms with Crippen LogP contribution in [0.5, 0.6) is 0 Å². The van der Waals surface area contributed by atoms with Crippen molar-refractivity contribution < 1.29 is 9.32 Å². The molecule has 0 radical (unpaired) electrons. The topological polar surface area (TPSA) is 76.6 Å². The maximum Gasteiger partial charge on any atom is 0.287 e. The first kappa shape index (κ1) is 18.3. The van der Waals surface area contributed by atoms with Gasteiger partial charge in [0, 0.05) is 34.9 Å². The van der Waals surface area contributed by atoms with Crippen molar-refractivity contribution in [3.8, 4) is 0 Å². The first-order chi connectivity index (χ1) is 12.4. The maximum absolute atomic E-state index is 12.0. The quantitative estimate of drug-likeness (QED) is 0.666. The van der Waals surface area contributed by atoms with Crippen LogP contribution in [0.4, 0.5) is 5.69 Å². The van der Waals surface area contributed by atoms with Crippen molar-refractivity contribution in [2.24, 2.45) is 5.92 Å². The van der Waals surface area contributed by atoms with Crippen molar-refractivity contribution in [2.75, 3.05) is 5.32 Å². The Labute approximate surface area is 155 Å². The average Bonchev–Trinajstić information content (AvgIpc) is 2.94. The number of fused-ring (bicyclic) bond motifs is 1. The normalized spacial score (nSPS) is 11.2. The Kier molecular flexibility index (Phi) is 5.46. The third-order valence-electron chi connectivity index (χ3n) is 3.64. The SMILES string of the molecule is Cc1cc2nc(CSc3ccc(NC(=O)CC(C)C)cc3)cc(=O)n2o1. The van der Waals surface area contributed by atoms with Crippen LogP contribution in [0.2, 0.25) is 0 Å². The predicted molar refractivity (Wildman–Crippen MR) is 103 cm³/mol. The number of nitrogens with zero attached hydrogens (tertiary/aromatic N) is 2. The van der Waals surface area contributed by atoms with Crippen LogP contribution in [0.25, 0.3) is 5.65 Å². The van der Waals surface area contributed by atoms with Gasteiger partial charge in [0.05, 0.1) is 5.69 Å². The lowest BCUT2D eigenvalue weighted by molar-refractivity contribution is -0.116. The molecule has 0 saturated carbocycles. The Morgan fingerprint density at radius 3 is 2.69 bits per heavy atom. The van der Waals surface area contributed by atoms with E-state index in [0.717, 1.165) is 10.6 Å². The Morgan fingerprint density at radius 2 is 2.00 bits per heavy atom. The van der Waals surface area contributed by atoms with Crippen LogP contribution in [-0.2, 0) is 10.5 Å². The molecule has 0 bridgehead atoms. The van der Waals surface area contributed by atoms with Crippen molar-refractivity contribution >= 4 is 29.0 Å². The molecule has 0 aliphatic rings. The standard InChI is InChI=1S/C19H21N3O3S/c1-12(2)8-18(23)21-14-4-6-16(7-5-14)26-11-15-10-19(24)22-17(20-15)9-13(3)25-22/h4-7,9-10,12H,8,11H2,1-3H3,(H,21,23). The summed E-state index contributed by atoms with van der Waals surface area (Å²) in [5.74, 6) is 1.58. The molecule has 0 aliphatic carbocycles. The van der Waals surface area contributed by atoms with Crippen molar-refractivity contribution in [3.63, 3.8) is 0 Å². The number of amides is 1. The summed E-state index contributed by atoms with van der Waals surface area (Å²) in [6, 6.07) is 10.9. The number of aromatic nitrogens is 2. The van der Waals surface area contributed by atoms with E-state index in [1.54, 1.807) is 24.8 Å². The minimum atomic E-state index is -0.220. The van der Waals surface area contributed by atoms with Gasteiger partial charge in [-0.25, -0.2) is 4.98 Å². The number of benzene rings is 1. The van der Waals surface area contributed by atoms with E-state index in [1.165, 1.54) is 10.6 Å². The fourth-order valence-corrected chi connectivity index (χ4v) is 3.31. The van der Waals surface area contributed by atoms with Crippen molar-refractivity contribution in [2.45, 2.75) is 37.8 Å². The fourth-order valence-electron chi connectivity index (χ4n) is 2.52. The van der Waals surface area contributed by atoms with Gasteiger partial charge in [-0.05, 0) is 37.1 Å². The summed E-state index contributed by atoms with van der Waals surface area (Å²) in [5.41, 5.74) is 1.79. The van der Waals surface area contributed by atoms with Gasteiger partial charge in [0.1, 0.15) is 5.76 Å². The Morgan fingerprint density at radius 1 is 1.27 bits per heavy atom. The molecule has 0 saturated heterocycles. The highest BCUT2D eigenvalue weighted by Crippen LogP contribution is 2.23. The van der Waals surface area contributed by atoms with Crippen LogP contribution in [0.3, 0.4) is 0 Å². The molecule has 1 aromatic carbocycles. The van der Waals surface area contributed by atoms with Crippen molar-refractivity contribution in [3.05, 3.63) is 58.2 Å². The van der Waals surface area contributed by atoms with Gasteiger partial charge in [0.25, 0.3) is 5.56 Å². The molecule has 0 fully saturated rings. The monoisotopic (exact) mass is 371 g/mol. The van der Waals surface area contributed by atoms with E-state index in [1.807, 2.05) is 38.1 Å². The summed E-state index contributed by atoms with van der Waals surface area (Å²) in [4.78, 5) is 29.3. The van der Waals surface area contributed by atoms with E-state index >= 15 is 0 Å². The minimum absolute atomic E-state index is 0.0220. The molecule has 0 aliphatic heterocycles. The molecule has 1 amide bonds. The number of thioether (sulfide) groups is 1. The van der Waals surface area contributed by atoms with Gasteiger partial charge in [-0.3, -0.25) is 9.59 Å². The molecule has 1 N–H and O–H groups in total. The van der Waals surface area contributed by atoms with Gasteiger partial charge in [0.15, 0.2) is 5.65 Å². The highest BCUT2D eigenvalue weighted by Gasteiger charge is 2.08. The number of hydrogen-bond acceptors (Lipinski definition) is 5. The summed E-state index contributed by atoms with van der Waals surface area (Å²) in [6.07, 6.45) is 0.508. The molecule has 2 aromatic heterocycles. The fraction of sp³-hybridized carbons (Fsp3) is 0.316. The molecule has 0 atom stereocenters. The molecule has 6 nitrogen and oxygen atoms in total. The molecular formula is C19H21N3O3S. The van der Waals surface area contributed by atoms with E-state index in [4.69, 9.17) is 4.52 Å². The van der Waals surface area contributed by atoms with Crippen LogP contribution in [0.1, 0.15) is 31.7 Å². The average molecular weight is 371 g/mol. The zero-order chi connectivity index (χ0) is 18.7. The zero-order valence-electron chi connectivity index (χ0n) is 15.0. The molecule has 2 heterocycles. The smallest absolute Gasteiger partial charge is 0.287 e. The number of aryl methyl sites for hydroxylation is 1. The zero-order valence-corrected chi connectivity index (χ0v) is 15.8. The lowest BCUT2D eigenvalue weighted by Gasteiger charge is -2.08. The molecule has 7 heteroatoms. The van der Waals surface area contributed by atoms with E-state index in [9.17, 15) is 9.59 Å². The first-order valence-corrected chi connectivity index (χ1v) is 9.41. The number of anilines is 1. The number of hydrogen-bond donors (Lipinski definition) is 1. The summed E-state index contributed by atoms with van der Waals surface area (Å²) in [6.45, 7) is 5.81. The second-order valence-corrected chi connectivity index (χ2v) is 7.59. The number of rotatable bonds is 6. The van der Waals surface area contributed by atoms with Crippen molar-refractivity contribution in [1.82, 2.24) is 9.56 Å². The molecule has 0 spiro atoms. The van der Waals surface area contributed by atoms with E-state index in [-0.39, 0.29) is 11.5 Å². The van der Waals surface area contributed by atoms with Crippen LogP contribution in [-0.4, -0.2) is 15.5 Å². The van der Waals surface area contributed by atoms with Gasteiger partial charge in [-0.1, -0.05) is 13.8 Å². The first-order valence-electron chi connectivity index (χ1n) is 8.43. The largest absolute Gasteiger partial charge is 0.375 e. The highest BCUT2D eigenvalue weighted by molar-refractivity contribution is 7.98. The van der Waals surface area contributed by atoms with E-state index < -0.39 is 0 Å². The van der Waals surface area contributed by atoms with Gasteiger partial charge >= 0.3 is 0 Å². The highest BCUT2D eigenvalue weighted by atomic mass is 32.2. The summed E-state index contributed by atoms with van der Waals surface area (Å²) in [7, 11) is 0. The third-order valence-corrected chi connectivity index (χ3v) is 4.69. The number of carbonyl (C=O) groups is 1. The minimum Gasteiger partial charge on any atom is -0.375 e. The summed E-state index contributed by atoms with van der Waals surface area (Å²) < 4.78 is 6.48. The lowest BCUT2D eigenvalue weighted by Crippen LogP contribution is -2.13. The van der Waals surface area contributed by atoms with Gasteiger partial charge in [-0.15, -0.1) is 16.3 Å². The Balaban J connectivity index is 1.63. The number of carbonyl (C=O) groups excluding carboxylic acids is 1. The Bertz CT molecular complexity index is 974. The van der Waals surface area contributed by atoms with Gasteiger partial charge < -0.3 is 9.84 Å². The van der Waals surface area contributed by atoms with E-state index in [0.29, 0.717) is 35.2 Å². The second kappa shape index (κ2) is 7.78. The maximum atomic E-state index is 12.0. The third kappa shape index (κ3) is 4.54. The predicted octanol–water partition coefficient (Wildman–Crippen LogP) is 3.87. The molecule has 3 aromatic rings. The summed E-state index contributed by atoms with van der Waals surface area (Å²) >= 11 is 1.58. The number of nitrogens with one attached hydrogen (secondary N) is 1. The lowest BCUT2D eigenvalue weighted by atomic mass is 10.1. The molecule has 0 unspecified atom stereocenters. The van der Waals surface area contributed by atoms with Crippen molar-refractivity contribution in [1.29, 1.82) is 0 Å². The molecular weight excluding hydrogens is 350 g/mol. The Hall–Kier alpha value is -2.54. The molecule has 26 heavy (non-hydrogen) atoms. The van der Waals surface area contributed by atoms with Crippen LogP contribution in [0, 0.1) is 12.8 Å². The summed E-state index contributed by atoms with van der Waals surface area (Å²) in [5, 5.41) is 2.89. The molecule has 3 rings (SSSR count). The molecule has 136 valence electrons. The van der Waals surface area contributed by atoms with Crippen LogP contribution < -0.4 is 10.9 Å². The van der Waals surface area contributed by atoms with Crippen LogP contribution >= 0.6 is 11.8 Å². The van der Waals surface area contributed by atoms with Crippen LogP contribution in [0.15, 0.2) is 50.6 Å². The van der Waals surface area contributed by atoms with Gasteiger partial charge in [-0.2, -0.15) is 0 Å².